The Morgan fingerprint density at radius 1 is 1.14 bits per heavy atom. The summed E-state index contributed by atoms with van der Waals surface area (Å²) in [7, 11) is 0. The van der Waals surface area contributed by atoms with Gasteiger partial charge in [0.2, 0.25) is 11.8 Å². The molecule has 2 aromatic heterocycles. The zero-order valence-corrected chi connectivity index (χ0v) is 19.9. The molecule has 2 bridgehead atoms. The van der Waals surface area contributed by atoms with E-state index in [-0.39, 0.29) is 29.0 Å². The highest BCUT2D eigenvalue weighted by Crippen LogP contribution is 2.39. The van der Waals surface area contributed by atoms with E-state index in [1.54, 1.807) is 12.1 Å². The fourth-order valence-electron chi connectivity index (χ4n) is 4.66. The van der Waals surface area contributed by atoms with Crippen LogP contribution in [0.4, 0.5) is 19.0 Å². The smallest absolute Gasteiger partial charge is 0.417 e. The quantitative estimate of drug-likeness (QED) is 0.611. The summed E-state index contributed by atoms with van der Waals surface area (Å²) in [4.78, 5) is 34.6. The zero-order chi connectivity index (χ0) is 25.5. The Balaban J connectivity index is 1.39. The Hall–Kier alpha value is -3.08. The molecule has 35 heavy (non-hydrogen) atoms. The normalized spacial score (nSPS) is 22.1. The average Bonchev–Trinajstić information content (AvgIpc) is 3.04. The summed E-state index contributed by atoms with van der Waals surface area (Å²) in [5.74, 6) is -0.442. The number of nitrogens with zero attached hydrogens (tertiary/aromatic N) is 3. The first kappa shape index (κ1) is 25.0. The molecule has 0 spiro atoms. The Labute approximate surface area is 205 Å². The molecule has 0 aliphatic carbocycles. The minimum atomic E-state index is -4.59. The largest absolute Gasteiger partial charge is 0.460 e. The standard InChI is InChI=1S/C23H25ClF3N5O3/c1-22(2,35-20-17(24)7-13(11-30-20)23(25,26)27)21(34)31-14-8-15-4-5-16(9-14)32(15)18-6-3-12(10-29-18)19(28)33/h3,6-7,10-11,14-16H,4-5,8-9H2,1-2H3,(H2,28,33)(H,31,34)/t14?,15-,16+. The molecule has 2 fully saturated rings. The number of hydrogen-bond acceptors (Lipinski definition) is 6. The van der Waals surface area contributed by atoms with Crippen LogP contribution in [0.25, 0.3) is 0 Å². The maximum absolute atomic E-state index is 13.0. The highest BCUT2D eigenvalue weighted by atomic mass is 35.5. The second kappa shape index (κ2) is 9.18. The van der Waals surface area contributed by atoms with Crippen molar-refractivity contribution in [2.24, 2.45) is 5.73 Å². The van der Waals surface area contributed by atoms with Crippen LogP contribution in [0.15, 0.2) is 30.6 Å². The van der Waals surface area contributed by atoms with Gasteiger partial charge in [0.25, 0.3) is 5.91 Å². The van der Waals surface area contributed by atoms with Gasteiger partial charge in [-0.2, -0.15) is 13.2 Å². The lowest BCUT2D eigenvalue weighted by molar-refractivity contribution is -0.138. The van der Waals surface area contributed by atoms with Gasteiger partial charge in [-0.05, 0) is 57.7 Å². The van der Waals surface area contributed by atoms with E-state index >= 15 is 0 Å². The molecule has 8 nitrogen and oxygen atoms in total. The number of hydrogen-bond donors (Lipinski definition) is 2. The monoisotopic (exact) mass is 511 g/mol. The van der Waals surface area contributed by atoms with Gasteiger partial charge in [0.05, 0.1) is 11.1 Å². The molecule has 2 aromatic rings. The maximum atomic E-state index is 13.0. The number of pyridine rings is 2. The Kier molecular flexibility index (Phi) is 6.56. The predicted molar refractivity (Wildman–Crippen MR) is 122 cm³/mol. The van der Waals surface area contributed by atoms with Crippen LogP contribution in [0, 0.1) is 0 Å². The maximum Gasteiger partial charge on any atom is 0.417 e. The van der Waals surface area contributed by atoms with Gasteiger partial charge in [-0.1, -0.05) is 11.6 Å². The topological polar surface area (TPSA) is 110 Å². The van der Waals surface area contributed by atoms with Crippen molar-refractivity contribution in [1.82, 2.24) is 15.3 Å². The van der Waals surface area contributed by atoms with Crippen LogP contribution in [-0.2, 0) is 11.0 Å². The molecular weight excluding hydrogens is 487 g/mol. The molecule has 3 atom stereocenters. The number of carbonyl (C=O) groups excluding carboxylic acids is 2. The molecule has 2 saturated heterocycles. The molecule has 0 saturated carbocycles. The summed E-state index contributed by atoms with van der Waals surface area (Å²) in [6.45, 7) is 3.01. The van der Waals surface area contributed by atoms with Crippen LogP contribution in [0.2, 0.25) is 5.02 Å². The minimum absolute atomic E-state index is 0.111. The van der Waals surface area contributed by atoms with Crippen LogP contribution in [0.1, 0.15) is 55.5 Å². The number of aromatic nitrogens is 2. The third-order valence-corrected chi connectivity index (χ3v) is 6.67. The van der Waals surface area contributed by atoms with E-state index in [0.29, 0.717) is 24.6 Å². The number of fused-ring (bicyclic) bond motifs is 2. The predicted octanol–water partition coefficient (Wildman–Crippen LogP) is 3.72. The fourth-order valence-corrected chi connectivity index (χ4v) is 4.86. The number of halogens is 4. The molecule has 2 aliphatic rings. The molecule has 0 aromatic carbocycles. The summed E-state index contributed by atoms with van der Waals surface area (Å²) in [6, 6.07) is 4.37. The zero-order valence-electron chi connectivity index (χ0n) is 19.1. The third-order valence-electron chi connectivity index (χ3n) is 6.40. The molecule has 4 rings (SSSR count). The van der Waals surface area contributed by atoms with Crippen LogP contribution >= 0.6 is 11.6 Å². The van der Waals surface area contributed by atoms with Gasteiger partial charge in [0.1, 0.15) is 10.8 Å². The van der Waals surface area contributed by atoms with Crippen LogP contribution < -0.4 is 20.7 Å². The number of nitrogens with two attached hydrogens (primary N) is 1. The number of primary amides is 1. The van der Waals surface area contributed by atoms with Crippen molar-refractivity contribution in [2.75, 3.05) is 4.90 Å². The van der Waals surface area contributed by atoms with Crippen molar-refractivity contribution in [1.29, 1.82) is 0 Å². The van der Waals surface area contributed by atoms with Crippen molar-refractivity contribution >= 4 is 29.2 Å². The Bertz CT molecular complexity index is 1110. The van der Waals surface area contributed by atoms with Gasteiger partial charge in [0.15, 0.2) is 5.60 Å². The summed E-state index contributed by atoms with van der Waals surface area (Å²) in [6.07, 6.45) is 0.768. The lowest BCUT2D eigenvalue weighted by Gasteiger charge is -2.40. The Morgan fingerprint density at radius 3 is 2.31 bits per heavy atom. The van der Waals surface area contributed by atoms with Crippen LogP contribution in [0.5, 0.6) is 5.88 Å². The summed E-state index contributed by atoms with van der Waals surface area (Å²) in [5, 5.41) is 2.68. The number of anilines is 1. The molecule has 2 amide bonds. The molecule has 2 aliphatic heterocycles. The van der Waals surface area contributed by atoms with E-state index in [1.807, 2.05) is 0 Å². The molecule has 12 heteroatoms. The van der Waals surface area contributed by atoms with E-state index in [9.17, 15) is 22.8 Å². The van der Waals surface area contributed by atoms with Gasteiger partial charge in [0, 0.05) is 30.5 Å². The highest BCUT2D eigenvalue weighted by molar-refractivity contribution is 6.31. The average molecular weight is 512 g/mol. The number of alkyl halides is 3. The number of carbonyl (C=O) groups is 2. The number of ether oxygens (including phenoxy) is 1. The number of amides is 2. The van der Waals surface area contributed by atoms with Gasteiger partial charge in [-0.25, -0.2) is 9.97 Å². The van der Waals surface area contributed by atoms with Crippen molar-refractivity contribution in [3.05, 3.63) is 46.7 Å². The van der Waals surface area contributed by atoms with Crippen molar-refractivity contribution in [2.45, 2.75) is 69.4 Å². The fraction of sp³-hybridized carbons (Fsp3) is 0.478. The molecule has 1 unspecified atom stereocenters. The minimum Gasteiger partial charge on any atom is -0.460 e. The van der Waals surface area contributed by atoms with E-state index < -0.39 is 29.2 Å². The third kappa shape index (κ3) is 5.29. The lowest BCUT2D eigenvalue weighted by Crippen LogP contribution is -2.55. The number of rotatable bonds is 6. The van der Waals surface area contributed by atoms with Crippen molar-refractivity contribution in [3.63, 3.8) is 0 Å². The van der Waals surface area contributed by atoms with Crippen LogP contribution in [-0.4, -0.2) is 45.5 Å². The SMILES string of the molecule is CC(C)(Oc1ncc(C(F)(F)F)cc1Cl)C(=O)NC1C[C@H]2CC[C@@H](C1)N2c1ccc(C(N)=O)cn1. The van der Waals surface area contributed by atoms with Crippen LogP contribution in [0.3, 0.4) is 0 Å². The first-order chi connectivity index (χ1) is 16.3. The van der Waals surface area contributed by atoms with Gasteiger partial charge >= 0.3 is 6.18 Å². The summed E-state index contributed by atoms with van der Waals surface area (Å²) in [5.41, 5.74) is 3.21. The molecular formula is C23H25ClF3N5O3. The second-order valence-electron chi connectivity index (χ2n) is 9.32. The van der Waals surface area contributed by atoms with E-state index in [0.717, 1.165) is 24.7 Å². The van der Waals surface area contributed by atoms with E-state index in [2.05, 4.69) is 20.2 Å². The van der Waals surface area contributed by atoms with Gasteiger partial charge in [-0.15, -0.1) is 0 Å². The van der Waals surface area contributed by atoms with Gasteiger partial charge < -0.3 is 20.7 Å². The van der Waals surface area contributed by atoms with Gasteiger partial charge in [-0.3, -0.25) is 9.59 Å². The lowest BCUT2D eigenvalue weighted by atomic mass is 9.96. The molecule has 0 radical (unpaired) electrons. The first-order valence-electron chi connectivity index (χ1n) is 11.1. The highest BCUT2D eigenvalue weighted by Gasteiger charge is 2.43. The summed E-state index contributed by atoms with van der Waals surface area (Å²) < 4.78 is 44.2. The van der Waals surface area contributed by atoms with Crippen molar-refractivity contribution in [3.8, 4) is 5.88 Å². The second-order valence-corrected chi connectivity index (χ2v) is 9.73. The summed E-state index contributed by atoms with van der Waals surface area (Å²) >= 11 is 5.93. The molecule has 4 heterocycles. The molecule has 3 N–H and O–H groups in total. The number of piperidine rings is 1. The Morgan fingerprint density at radius 2 is 1.80 bits per heavy atom. The molecule has 188 valence electrons. The van der Waals surface area contributed by atoms with E-state index in [4.69, 9.17) is 22.1 Å². The van der Waals surface area contributed by atoms with E-state index in [1.165, 1.54) is 20.0 Å². The first-order valence-corrected chi connectivity index (χ1v) is 11.5. The van der Waals surface area contributed by atoms with Crippen molar-refractivity contribution < 1.29 is 27.5 Å². The number of nitrogens with one attached hydrogen (secondary N) is 1.